The van der Waals surface area contributed by atoms with Crippen LogP contribution >= 0.6 is 11.5 Å². The van der Waals surface area contributed by atoms with Gasteiger partial charge in [-0.3, -0.25) is 9.78 Å². The van der Waals surface area contributed by atoms with Gasteiger partial charge in [0.1, 0.15) is 4.88 Å². The van der Waals surface area contributed by atoms with Crippen LogP contribution in [0.5, 0.6) is 0 Å². The number of aryl methyl sites for hydroxylation is 2. The standard InChI is InChI=1S/C16H20N4OS/c1-2-14-15(22-19-18-14)16(21)20-11-3-4-13(20)6-5-12-7-9-17-10-8-12/h7-10,13H,2-6,11H2,1H3/t13-/m0/s1. The van der Waals surface area contributed by atoms with Crippen LogP contribution < -0.4 is 0 Å². The molecule has 0 aromatic carbocycles. The molecule has 5 nitrogen and oxygen atoms in total. The van der Waals surface area contributed by atoms with Gasteiger partial charge in [-0.15, -0.1) is 5.10 Å². The molecule has 3 heterocycles. The van der Waals surface area contributed by atoms with Gasteiger partial charge in [0.15, 0.2) is 0 Å². The highest BCUT2D eigenvalue weighted by Gasteiger charge is 2.31. The van der Waals surface area contributed by atoms with Crippen molar-refractivity contribution in [3.05, 3.63) is 40.7 Å². The lowest BCUT2D eigenvalue weighted by Gasteiger charge is -2.24. The zero-order valence-corrected chi connectivity index (χ0v) is 13.6. The topological polar surface area (TPSA) is 59.0 Å². The van der Waals surface area contributed by atoms with E-state index in [1.54, 1.807) is 0 Å². The first-order chi connectivity index (χ1) is 10.8. The lowest BCUT2D eigenvalue weighted by Crippen LogP contribution is -2.35. The third kappa shape index (κ3) is 3.16. The second-order valence-electron chi connectivity index (χ2n) is 5.59. The van der Waals surface area contributed by atoms with E-state index >= 15 is 0 Å². The van der Waals surface area contributed by atoms with Gasteiger partial charge in [-0.25, -0.2) is 0 Å². The number of amides is 1. The molecule has 0 saturated carbocycles. The molecule has 1 fully saturated rings. The second-order valence-corrected chi connectivity index (χ2v) is 6.35. The van der Waals surface area contributed by atoms with Gasteiger partial charge in [-0.1, -0.05) is 11.4 Å². The molecule has 0 bridgehead atoms. The molecule has 1 aliphatic rings. The van der Waals surface area contributed by atoms with Crippen LogP contribution in [0.1, 0.15) is 47.1 Å². The number of carbonyl (C=O) groups excluding carboxylic acids is 1. The minimum Gasteiger partial charge on any atom is -0.335 e. The Hall–Kier alpha value is -1.82. The van der Waals surface area contributed by atoms with Crippen LogP contribution in [0.15, 0.2) is 24.5 Å². The molecular formula is C16H20N4OS. The second kappa shape index (κ2) is 6.96. The van der Waals surface area contributed by atoms with Crippen molar-refractivity contribution in [2.45, 2.75) is 45.1 Å². The average Bonchev–Trinajstić information content (AvgIpc) is 3.22. The Bertz CT molecular complexity index is 628. The zero-order chi connectivity index (χ0) is 15.4. The van der Waals surface area contributed by atoms with Gasteiger partial charge in [-0.2, -0.15) is 0 Å². The van der Waals surface area contributed by atoms with E-state index < -0.39 is 0 Å². The Morgan fingerprint density at radius 1 is 1.41 bits per heavy atom. The van der Waals surface area contributed by atoms with Crippen molar-refractivity contribution in [3.8, 4) is 0 Å². The summed E-state index contributed by atoms with van der Waals surface area (Å²) < 4.78 is 3.94. The molecule has 2 aromatic rings. The largest absolute Gasteiger partial charge is 0.335 e. The van der Waals surface area contributed by atoms with E-state index in [0.717, 1.165) is 49.2 Å². The smallest absolute Gasteiger partial charge is 0.267 e. The maximum atomic E-state index is 12.8. The molecule has 0 unspecified atom stereocenters. The van der Waals surface area contributed by atoms with Gasteiger partial charge in [0.2, 0.25) is 0 Å². The molecular weight excluding hydrogens is 296 g/mol. The molecule has 116 valence electrons. The third-order valence-corrected chi connectivity index (χ3v) is 4.99. The van der Waals surface area contributed by atoms with Crippen molar-refractivity contribution in [2.75, 3.05) is 6.54 Å². The number of likely N-dealkylation sites (tertiary alicyclic amines) is 1. The minimum atomic E-state index is 0.115. The monoisotopic (exact) mass is 316 g/mol. The van der Waals surface area contributed by atoms with E-state index in [4.69, 9.17) is 0 Å². The molecule has 1 saturated heterocycles. The highest BCUT2D eigenvalue weighted by Crippen LogP contribution is 2.25. The first kappa shape index (κ1) is 15.1. The molecule has 0 radical (unpaired) electrons. The van der Waals surface area contributed by atoms with Gasteiger partial charge in [-0.05, 0) is 61.3 Å². The summed E-state index contributed by atoms with van der Waals surface area (Å²) in [7, 11) is 0. The molecule has 1 aliphatic heterocycles. The van der Waals surface area contributed by atoms with E-state index in [0.29, 0.717) is 6.04 Å². The minimum absolute atomic E-state index is 0.115. The van der Waals surface area contributed by atoms with Crippen LogP contribution in [0.25, 0.3) is 0 Å². The van der Waals surface area contributed by atoms with Gasteiger partial charge in [0.25, 0.3) is 5.91 Å². The molecule has 1 atom stereocenters. The van der Waals surface area contributed by atoms with E-state index in [1.165, 1.54) is 17.1 Å². The van der Waals surface area contributed by atoms with Gasteiger partial charge in [0.05, 0.1) is 5.69 Å². The molecule has 1 amide bonds. The SMILES string of the molecule is CCc1nnsc1C(=O)N1CCC[C@H]1CCc1ccncc1. The summed E-state index contributed by atoms with van der Waals surface area (Å²) >= 11 is 1.23. The fraction of sp³-hybridized carbons (Fsp3) is 0.500. The quantitative estimate of drug-likeness (QED) is 0.851. The van der Waals surface area contributed by atoms with Crippen molar-refractivity contribution >= 4 is 17.4 Å². The Morgan fingerprint density at radius 3 is 3.00 bits per heavy atom. The first-order valence-electron chi connectivity index (χ1n) is 7.80. The first-order valence-corrected chi connectivity index (χ1v) is 8.58. The Morgan fingerprint density at radius 2 is 2.23 bits per heavy atom. The molecule has 0 N–H and O–H groups in total. The Kier molecular flexibility index (Phi) is 4.77. The van der Waals surface area contributed by atoms with Crippen molar-refractivity contribution < 1.29 is 4.79 Å². The number of hydrogen-bond acceptors (Lipinski definition) is 5. The lowest BCUT2D eigenvalue weighted by molar-refractivity contribution is 0.0734. The predicted octanol–water partition coefficient (Wildman–Crippen LogP) is 2.73. The Labute approximate surface area is 134 Å². The molecule has 0 aliphatic carbocycles. The van der Waals surface area contributed by atoms with E-state index in [2.05, 4.69) is 14.6 Å². The summed E-state index contributed by atoms with van der Waals surface area (Å²) in [5.41, 5.74) is 2.11. The average molecular weight is 316 g/mol. The summed E-state index contributed by atoms with van der Waals surface area (Å²) in [6.45, 7) is 2.86. The van der Waals surface area contributed by atoms with Crippen molar-refractivity contribution in [1.82, 2.24) is 19.5 Å². The van der Waals surface area contributed by atoms with Crippen LogP contribution in [0.4, 0.5) is 0 Å². The van der Waals surface area contributed by atoms with E-state index in [-0.39, 0.29) is 5.91 Å². The number of nitrogens with zero attached hydrogens (tertiary/aromatic N) is 4. The predicted molar refractivity (Wildman–Crippen MR) is 85.9 cm³/mol. The highest BCUT2D eigenvalue weighted by molar-refractivity contribution is 7.08. The van der Waals surface area contributed by atoms with Crippen molar-refractivity contribution in [2.24, 2.45) is 0 Å². The lowest BCUT2D eigenvalue weighted by atomic mass is 10.0. The van der Waals surface area contributed by atoms with Crippen LogP contribution in [0, 0.1) is 0 Å². The van der Waals surface area contributed by atoms with Crippen LogP contribution in [0.2, 0.25) is 0 Å². The van der Waals surface area contributed by atoms with Crippen molar-refractivity contribution in [1.29, 1.82) is 0 Å². The maximum Gasteiger partial charge on any atom is 0.267 e. The summed E-state index contributed by atoms with van der Waals surface area (Å²) in [6.07, 6.45) is 8.56. The molecule has 22 heavy (non-hydrogen) atoms. The third-order valence-electron chi connectivity index (χ3n) is 4.24. The summed E-state index contributed by atoms with van der Waals surface area (Å²) in [5.74, 6) is 0.115. The molecule has 6 heteroatoms. The fourth-order valence-corrected chi connectivity index (χ4v) is 3.73. The van der Waals surface area contributed by atoms with Crippen LogP contribution in [0.3, 0.4) is 0 Å². The van der Waals surface area contributed by atoms with Crippen LogP contribution in [-0.4, -0.2) is 38.0 Å². The summed E-state index contributed by atoms with van der Waals surface area (Å²) in [5, 5.41) is 4.06. The van der Waals surface area contributed by atoms with Crippen molar-refractivity contribution in [3.63, 3.8) is 0 Å². The Balaban J connectivity index is 1.66. The van der Waals surface area contributed by atoms with Gasteiger partial charge < -0.3 is 4.90 Å². The fourth-order valence-electron chi connectivity index (χ4n) is 3.02. The highest BCUT2D eigenvalue weighted by atomic mass is 32.1. The van der Waals surface area contributed by atoms with Crippen LogP contribution in [-0.2, 0) is 12.8 Å². The molecule has 2 aromatic heterocycles. The number of aromatic nitrogens is 3. The number of pyridine rings is 1. The van der Waals surface area contributed by atoms with E-state index in [9.17, 15) is 4.79 Å². The maximum absolute atomic E-state index is 12.8. The normalized spacial score (nSPS) is 17.9. The zero-order valence-electron chi connectivity index (χ0n) is 12.7. The summed E-state index contributed by atoms with van der Waals surface area (Å²) in [6, 6.07) is 4.42. The van der Waals surface area contributed by atoms with E-state index in [1.807, 2.05) is 36.4 Å². The molecule has 3 rings (SSSR count). The number of carbonyl (C=O) groups is 1. The summed E-state index contributed by atoms with van der Waals surface area (Å²) in [4.78, 5) is 19.5. The number of hydrogen-bond donors (Lipinski definition) is 0. The van der Waals surface area contributed by atoms with Gasteiger partial charge in [0, 0.05) is 25.0 Å². The number of rotatable bonds is 5. The molecule has 0 spiro atoms. The van der Waals surface area contributed by atoms with Gasteiger partial charge >= 0.3 is 0 Å².